The largest absolute Gasteiger partial charge is 0.383 e. The molecule has 0 aromatic carbocycles. The molecule has 0 radical (unpaired) electrons. The van der Waals surface area contributed by atoms with Crippen LogP contribution in [0.3, 0.4) is 0 Å². The summed E-state index contributed by atoms with van der Waals surface area (Å²) >= 11 is 0. The Morgan fingerprint density at radius 2 is 2.04 bits per heavy atom. The molecule has 0 saturated carbocycles. The zero-order valence-electron chi connectivity index (χ0n) is 14.2. The minimum Gasteiger partial charge on any atom is -0.383 e. The minimum atomic E-state index is -0.718. The Morgan fingerprint density at radius 1 is 1.24 bits per heavy atom. The molecular formula is C16H22N4O5. The van der Waals surface area contributed by atoms with Gasteiger partial charge in [-0.15, -0.1) is 0 Å². The molecular weight excluding hydrogens is 328 g/mol. The standard InChI is InChI=1S/C16H22N4O5/c1-25-8-7-19-5-2-3-16(14(19)23)4-6-20(10-16)13(22)11-9-12(21)18-15(24)17-11/h9H,2-8,10H2,1H3,(H2,17,18,21,24)/t16-/m0/s1. The summed E-state index contributed by atoms with van der Waals surface area (Å²) in [7, 11) is 1.60. The number of hydrogen-bond acceptors (Lipinski definition) is 5. The molecule has 2 saturated heterocycles. The van der Waals surface area contributed by atoms with Crippen molar-refractivity contribution >= 4 is 11.8 Å². The molecule has 0 unspecified atom stereocenters. The zero-order valence-corrected chi connectivity index (χ0v) is 14.2. The number of methoxy groups -OCH3 is 1. The van der Waals surface area contributed by atoms with Crippen LogP contribution in [-0.4, -0.2) is 71.5 Å². The summed E-state index contributed by atoms with van der Waals surface area (Å²) in [5.41, 5.74) is -1.96. The third-order valence-electron chi connectivity index (χ3n) is 5.02. The molecule has 1 aromatic heterocycles. The lowest BCUT2D eigenvalue weighted by atomic mass is 9.78. The van der Waals surface area contributed by atoms with E-state index in [0.29, 0.717) is 39.2 Å². The highest BCUT2D eigenvalue weighted by Gasteiger charge is 2.49. The monoisotopic (exact) mass is 350 g/mol. The first kappa shape index (κ1) is 17.4. The summed E-state index contributed by atoms with van der Waals surface area (Å²) in [6, 6.07) is 1.07. The summed E-state index contributed by atoms with van der Waals surface area (Å²) in [5.74, 6) is -0.368. The molecule has 2 fully saturated rings. The normalized spacial score (nSPS) is 23.5. The van der Waals surface area contributed by atoms with Crippen molar-refractivity contribution in [3.8, 4) is 0 Å². The molecule has 9 nitrogen and oxygen atoms in total. The maximum absolute atomic E-state index is 12.9. The number of likely N-dealkylation sites (tertiary alicyclic amines) is 2. The van der Waals surface area contributed by atoms with Gasteiger partial charge in [-0.3, -0.25) is 19.4 Å². The number of nitrogens with zero attached hydrogens (tertiary/aromatic N) is 2. The first-order valence-electron chi connectivity index (χ1n) is 8.36. The molecule has 1 aromatic rings. The predicted octanol–water partition coefficient (Wildman–Crippen LogP) is -0.836. The Labute approximate surface area is 144 Å². The lowest BCUT2D eigenvalue weighted by Crippen LogP contribution is -2.51. The molecule has 0 bridgehead atoms. The van der Waals surface area contributed by atoms with E-state index in [9.17, 15) is 19.2 Å². The first-order valence-corrected chi connectivity index (χ1v) is 8.36. The van der Waals surface area contributed by atoms with Crippen LogP contribution in [-0.2, 0) is 9.53 Å². The van der Waals surface area contributed by atoms with Gasteiger partial charge in [0.1, 0.15) is 5.69 Å². The summed E-state index contributed by atoms with van der Waals surface area (Å²) < 4.78 is 5.06. The van der Waals surface area contributed by atoms with E-state index in [4.69, 9.17) is 4.74 Å². The van der Waals surface area contributed by atoms with Crippen molar-refractivity contribution < 1.29 is 14.3 Å². The van der Waals surface area contributed by atoms with Crippen LogP contribution in [0.15, 0.2) is 15.7 Å². The summed E-state index contributed by atoms with van der Waals surface area (Å²) in [6.07, 6.45) is 2.22. The molecule has 2 aliphatic rings. The summed E-state index contributed by atoms with van der Waals surface area (Å²) in [5, 5.41) is 0. The van der Waals surface area contributed by atoms with E-state index in [1.807, 2.05) is 4.98 Å². The van der Waals surface area contributed by atoms with Crippen LogP contribution in [0.1, 0.15) is 29.8 Å². The Bertz CT molecular complexity index is 757. The maximum Gasteiger partial charge on any atom is 0.326 e. The topological polar surface area (TPSA) is 116 Å². The van der Waals surface area contributed by atoms with Gasteiger partial charge in [-0.2, -0.15) is 0 Å². The second-order valence-electron chi connectivity index (χ2n) is 6.65. The van der Waals surface area contributed by atoms with E-state index in [2.05, 4.69) is 4.98 Å². The smallest absolute Gasteiger partial charge is 0.326 e. The van der Waals surface area contributed by atoms with E-state index >= 15 is 0 Å². The van der Waals surface area contributed by atoms with Crippen molar-refractivity contribution in [1.82, 2.24) is 19.8 Å². The van der Waals surface area contributed by atoms with E-state index in [0.717, 1.165) is 18.9 Å². The van der Waals surface area contributed by atoms with Crippen molar-refractivity contribution in [2.75, 3.05) is 39.9 Å². The average molecular weight is 350 g/mol. The van der Waals surface area contributed by atoms with Gasteiger partial charge in [0.25, 0.3) is 11.5 Å². The number of hydrogen-bond donors (Lipinski definition) is 2. The van der Waals surface area contributed by atoms with Crippen molar-refractivity contribution in [3.05, 3.63) is 32.6 Å². The molecule has 3 heterocycles. The van der Waals surface area contributed by atoms with E-state index in [1.54, 1.807) is 16.9 Å². The van der Waals surface area contributed by atoms with Crippen LogP contribution in [0.5, 0.6) is 0 Å². The van der Waals surface area contributed by atoms with Gasteiger partial charge in [-0.05, 0) is 19.3 Å². The molecule has 136 valence electrons. The lowest BCUT2D eigenvalue weighted by Gasteiger charge is -2.39. The fraction of sp³-hybridized carbons (Fsp3) is 0.625. The Balaban J connectivity index is 1.76. The van der Waals surface area contributed by atoms with Crippen molar-refractivity contribution in [3.63, 3.8) is 0 Å². The maximum atomic E-state index is 12.9. The van der Waals surface area contributed by atoms with Crippen LogP contribution in [0.2, 0.25) is 0 Å². The van der Waals surface area contributed by atoms with Crippen molar-refractivity contribution in [1.29, 1.82) is 0 Å². The number of aromatic nitrogens is 2. The van der Waals surface area contributed by atoms with E-state index in [-0.39, 0.29) is 11.6 Å². The average Bonchev–Trinajstić information content (AvgIpc) is 3.00. The van der Waals surface area contributed by atoms with Gasteiger partial charge in [0.05, 0.1) is 12.0 Å². The molecule has 2 N–H and O–H groups in total. The SMILES string of the molecule is COCCN1CCC[C@@]2(CCN(C(=O)c3cc(=O)[nH]c(=O)[nH]3)C2)C1=O. The lowest BCUT2D eigenvalue weighted by molar-refractivity contribution is -0.146. The minimum absolute atomic E-state index is 0.0507. The molecule has 1 atom stereocenters. The molecule has 2 aliphatic heterocycles. The van der Waals surface area contributed by atoms with E-state index in [1.165, 1.54) is 0 Å². The van der Waals surface area contributed by atoms with Crippen LogP contribution >= 0.6 is 0 Å². The quantitative estimate of drug-likeness (QED) is 0.735. The molecule has 9 heteroatoms. The fourth-order valence-corrected chi connectivity index (χ4v) is 3.75. The van der Waals surface area contributed by atoms with Crippen molar-refractivity contribution in [2.24, 2.45) is 5.41 Å². The Morgan fingerprint density at radius 3 is 2.76 bits per heavy atom. The van der Waals surface area contributed by atoms with Crippen LogP contribution in [0, 0.1) is 5.41 Å². The van der Waals surface area contributed by atoms with Gasteiger partial charge >= 0.3 is 5.69 Å². The number of aromatic amines is 2. The Kier molecular flexibility index (Phi) is 4.76. The van der Waals surface area contributed by atoms with Crippen LogP contribution in [0.25, 0.3) is 0 Å². The van der Waals surface area contributed by atoms with Crippen LogP contribution < -0.4 is 11.2 Å². The number of ether oxygens (including phenoxy) is 1. The van der Waals surface area contributed by atoms with E-state index < -0.39 is 22.6 Å². The number of piperidine rings is 1. The molecule has 25 heavy (non-hydrogen) atoms. The number of carbonyl (C=O) groups is 2. The van der Waals surface area contributed by atoms with Crippen molar-refractivity contribution in [2.45, 2.75) is 19.3 Å². The third-order valence-corrected chi connectivity index (χ3v) is 5.02. The highest BCUT2D eigenvalue weighted by Crippen LogP contribution is 2.40. The number of nitrogens with one attached hydrogen (secondary N) is 2. The number of H-pyrrole nitrogens is 2. The second kappa shape index (κ2) is 6.83. The molecule has 0 aliphatic carbocycles. The summed E-state index contributed by atoms with van der Waals surface area (Å²) in [6.45, 7) is 2.48. The fourth-order valence-electron chi connectivity index (χ4n) is 3.75. The van der Waals surface area contributed by atoms with Gasteiger partial charge in [0, 0.05) is 39.4 Å². The van der Waals surface area contributed by atoms with Gasteiger partial charge in [0.2, 0.25) is 5.91 Å². The number of amides is 2. The van der Waals surface area contributed by atoms with Crippen LogP contribution in [0.4, 0.5) is 0 Å². The predicted molar refractivity (Wildman–Crippen MR) is 88.3 cm³/mol. The highest BCUT2D eigenvalue weighted by atomic mass is 16.5. The second-order valence-corrected chi connectivity index (χ2v) is 6.65. The number of carbonyl (C=O) groups excluding carboxylic acids is 2. The van der Waals surface area contributed by atoms with Gasteiger partial charge in [0.15, 0.2) is 0 Å². The van der Waals surface area contributed by atoms with Gasteiger partial charge < -0.3 is 19.5 Å². The van der Waals surface area contributed by atoms with Gasteiger partial charge in [-0.1, -0.05) is 0 Å². The Hall–Kier alpha value is -2.42. The number of rotatable bonds is 4. The third kappa shape index (κ3) is 3.37. The molecule has 3 rings (SSSR count). The zero-order chi connectivity index (χ0) is 18.0. The molecule has 1 spiro atoms. The highest BCUT2D eigenvalue weighted by molar-refractivity contribution is 5.93. The van der Waals surface area contributed by atoms with Gasteiger partial charge in [-0.25, -0.2) is 4.79 Å². The molecule has 2 amide bonds. The first-order chi connectivity index (χ1) is 11.9. The summed E-state index contributed by atoms with van der Waals surface area (Å²) in [4.78, 5) is 56.0.